The first-order valence-electron chi connectivity index (χ1n) is 11.7. The van der Waals surface area contributed by atoms with Crippen LogP contribution in [0.1, 0.15) is 54.8 Å². The van der Waals surface area contributed by atoms with Crippen LogP contribution in [0.3, 0.4) is 0 Å². The average Bonchev–Trinajstić information content (AvgIpc) is 3.35. The van der Waals surface area contributed by atoms with Crippen molar-refractivity contribution in [3.8, 4) is 11.3 Å². The Labute approximate surface area is 208 Å². The van der Waals surface area contributed by atoms with Crippen molar-refractivity contribution in [3.05, 3.63) is 83.1 Å². The quantitative estimate of drug-likeness (QED) is 0.276. The van der Waals surface area contributed by atoms with E-state index in [-0.39, 0.29) is 17.9 Å². The second-order valence-corrected chi connectivity index (χ2v) is 8.36. The highest BCUT2D eigenvalue weighted by Gasteiger charge is 2.37. The minimum atomic E-state index is -0.805. The maximum Gasteiger partial charge on any atom is 0.338 e. The first-order valence-corrected chi connectivity index (χ1v) is 11.7. The number of ether oxygens (including phenoxy) is 1. The van der Waals surface area contributed by atoms with E-state index in [4.69, 9.17) is 9.15 Å². The van der Waals surface area contributed by atoms with Crippen LogP contribution in [-0.2, 0) is 14.3 Å². The molecule has 8 heteroatoms. The van der Waals surface area contributed by atoms with Gasteiger partial charge in [0, 0.05) is 5.56 Å². The standard InChI is InChI=1S/C28H26N2O6/c1-4-17(3)18-10-12-21(13-11-18)30-26(32)23(25(31)29-28(30)34)16-22-14-15-24(36-22)19-6-8-20(9-7-19)27(33)35-5-2/h6-17H,4-5H2,1-3H3,(H,29,31,34)/b23-16-. The first-order chi connectivity index (χ1) is 17.3. The molecule has 0 spiro atoms. The highest BCUT2D eigenvalue weighted by Crippen LogP contribution is 2.27. The van der Waals surface area contributed by atoms with Crippen LogP contribution in [0.4, 0.5) is 10.5 Å². The van der Waals surface area contributed by atoms with Gasteiger partial charge in [-0.15, -0.1) is 0 Å². The lowest BCUT2D eigenvalue weighted by Gasteiger charge is -2.26. The zero-order chi connectivity index (χ0) is 25.8. The summed E-state index contributed by atoms with van der Waals surface area (Å²) >= 11 is 0. The smallest absolute Gasteiger partial charge is 0.338 e. The molecule has 36 heavy (non-hydrogen) atoms. The van der Waals surface area contributed by atoms with Gasteiger partial charge in [-0.1, -0.05) is 38.1 Å². The Morgan fingerprint density at radius 2 is 1.69 bits per heavy atom. The number of nitrogens with zero attached hydrogens (tertiary/aromatic N) is 1. The Balaban J connectivity index is 1.57. The molecule has 1 aliphatic heterocycles. The Morgan fingerprint density at radius 3 is 2.33 bits per heavy atom. The molecule has 0 bridgehead atoms. The van der Waals surface area contributed by atoms with Gasteiger partial charge in [-0.3, -0.25) is 14.9 Å². The molecule has 184 valence electrons. The van der Waals surface area contributed by atoms with Gasteiger partial charge in [-0.2, -0.15) is 0 Å². The second-order valence-electron chi connectivity index (χ2n) is 8.36. The van der Waals surface area contributed by atoms with Crippen LogP contribution in [0.5, 0.6) is 0 Å². The number of nitrogens with one attached hydrogen (secondary N) is 1. The average molecular weight is 487 g/mol. The molecule has 4 amide bonds. The number of rotatable bonds is 7. The van der Waals surface area contributed by atoms with Gasteiger partial charge in [0.15, 0.2) is 0 Å². The topological polar surface area (TPSA) is 106 Å². The van der Waals surface area contributed by atoms with E-state index in [1.165, 1.54) is 6.08 Å². The van der Waals surface area contributed by atoms with Crippen LogP contribution >= 0.6 is 0 Å². The van der Waals surface area contributed by atoms with Crippen LogP contribution < -0.4 is 10.2 Å². The number of urea groups is 1. The molecule has 2 aromatic carbocycles. The SMILES string of the molecule is CCOC(=O)c1ccc(-c2ccc(/C=C3/C(=O)NC(=O)N(c4ccc(C(C)CC)cc4)C3=O)o2)cc1. The summed E-state index contributed by atoms with van der Waals surface area (Å²) in [6.07, 6.45) is 2.27. The third-order valence-electron chi connectivity index (χ3n) is 6.03. The molecule has 1 saturated heterocycles. The van der Waals surface area contributed by atoms with Gasteiger partial charge < -0.3 is 9.15 Å². The van der Waals surface area contributed by atoms with Crippen molar-refractivity contribution in [2.45, 2.75) is 33.1 Å². The van der Waals surface area contributed by atoms with E-state index in [0.717, 1.165) is 16.9 Å². The summed E-state index contributed by atoms with van der Waals surface area (Å²) in [5.74, 6) is -0.860. The number of esters is 1. The summed E-state index contributed by atoms with van der Waals surface area (Å²) in [6, 6.07) is 16.3. The predicted molar refractivity (Wildman–Crippen MR) is 134 cm³/mol. The van der Waals surface area contributed by atoms with Crippen molar-refractivity contribution in [2.24, 2.45) is 0 Å². The number of imide groups is 2. The molecule has 2 heterocycles. The fraction of sp³-hybridized carbons (Fsp3) is 0.214. The molecule has 1 aromatic heterocycles. The summed E-state index contributed by atoms with van der Waals surface area (Å²) in [6.45, 7) is 6.21. The van der Waals surface area contributed by atoms with E-state index in [1.54, 1.807) is 55.5 Å². The van der Waals surface area contributed by atoms with Crippen molar-refractivity contribution >= 4 is 35.6 Å². The maximum absolute atomic E-state index is 13.1. The minimum Gasteiger partial charge on any atom is -0.462 e. The summed E-state index contributed by atoms with van der Waals surface area (Å²) in [4.78, 5) is 50.9. The van der Waals surface area contributed by atoms with Crippen LogP contribution in [0.2, 0.25) is 0 Å². The maximum atomic E-state index is 13.1. The zero-order valence-corrected chi connectivity index (χ0v) is 20.2. The van der Waals surface area contributed by atoms with E-state index < -0.39 is 23.8 Å². The number of furan rings is 1. The van der Waals surface area contributed by atoms with Crippen LogP contribution in [0.15, 0.2) is 70.7 Å². The molecule has 1 unspecified atom stereocenters. The van der Waals surface area contributed by atoms with Crippen molar-refractivity contribution in [1.82, 2.24) is 5.32 Å². The summed E-state index contributed by atoms with van der Waals surface area (Å²) in [7, 11) is 0. The first kappa shape index (κ1) is 24.7. The molecule has 1 fully saturated rings. The molecule has 3 aromatic rings. The molecule has 1 aliphatic rings. The largest absolute Gasteiger partial charge is 0.462 e. The molecule has 0 aliphatic carbocycles. The molecule has 1 N–H and O–H groups in total. The summed E-state index contributed by atoms with van der Waals surface area (Å²) < 4.78 is 10.8. The predicted octanol–water partition coefficient (Wildman–Crippen LogP) is 5.30. The van der Waals surface area contributed by atoms with Crippen molar-refractivity contribution < 1.29 is 28.3 Å². The van der Waals surface area contributed by atoms with Gasteiger partial charge in [0.05, 0.1) is 17.9 Å². The number of benzene rings is 2. The highest BCUT2D eigenvalue weighted by atomic mass is 16.5. The van der Waals surface area contributed by atoms with Crippen molar-refractivity contribution in [3.63, 3.8) is 0 Å². The van der Waals surface area contributed by atoms with Gasteiger partial charge >= 0.3 is 12.0 Å². The van der Waals surface area contributed by atoms with E-state index in [2.05, 4.69) is 19.2 Å². The second kappa shape index (κ2) is 10.4. The monoisotopic (exact) mass is 486 g/mol. The van der Waals surface area contributed by atoms with E-state index in [1.807, 2.05) is 12.1 Å². The Bertz CT molecular complexity index is 1340. The lowest BCUT2D eigenvalue weighted by atomic mass is 9.98. The molecular weight excluding hydrogens is 460 g/mol. The van der Waals surface area contributed by atoms with Gasteiger partial charge in [-0.05, 0) is 67.3 Å². The normalized spacial score (nSPS) is 15.7. The Morgan fingerprint density at radius 1 is 1.00 bits per heavy atom. The fourth-order valence-electron chi connectivity index (χ4n) is 3.79. The number of amides is 4. The minimum absolute atomic E-state index is 0.223. The van der Waals surface area contributed by atoms with Crippen LogP contribution in [0, 0.1) is 0 Å². The lowest BCUT2D eigenvalue weighted by Crippen LogP contribution is -2.54. The number of anilines is 1. The molecule has 0 saturated carbocycles. The Hall–Kier alpha value is -4.46. The summed E-state index contributed by atoms with van der Waals surface area (Å²) in [5.41, 5.74) is 2.35. The van der Waals surface area contributed by atoms with Gasteiger partial charge in [0.2, 0.25) is 0 Å². The van der Waals surface area contributed by atoms with Gasteiger partial charge in [0.25, 0.3) is 11.8 Å². The van der Waals surface area contributed by atoms with Crippen molar-refractivity contribution in [1.29, 1.82) is 0 Å². The number of barbiturate groups is 1. The zero-order valence-electron chi connectivity index (χ0n) is 20.2. The summed E-state index contributed by atoms with van der Waals surface area (Å²) in [5, 5.41) is 2.22. The molecule has 8 nitrogen and oxygen atoms in total. The lowest BCUT2D eigenvalue weighted by molar-refractivity contribution is -0.122. The van der Waals surface area contributed by atoms with Crippen molar-refractivity contribution in [2.75, 3.05) is 11.5 Å². The third kappa shape index (κ3) is 4.98. The fourth-order valence-corrected chi connectivity index (χ4v) is 3.79. The van der Waals surface area contributed by atoms with Crippen LogP contribution in [0.25, 0.3) is 17.4 Å². The molecular formula is C28H26N2O6. The number of carbonyl (C=O) groups excluding carboxylic acids is 4. The van der Waals surface area contributed by atoms with Gasteiger partial charge in [0.1, 0.15) is 17.1 Å². The Kier molecular flexibility index (Phi) is 7.15. The number of hydrogen-bond acceptors (Lipinski definition) is 6. The number of carbonyl (C=O) groups is 4. The highest BCUT2D eigenvalue weighted by molar-refractivity contribution is 6.39. The third-order valence-corrected chi connectivity index (χ3v) is 6.03. The van der Waals surface area contributed by atoms with E-state index in [9.17, 15) is 19.2 Å². The molecule has 4 rings (SSSR count). The number of hydrogen-bond donors (Lipinski definition) is 1. The molecule has 1 atom stereocenters. The van der Waals surface area contributed by atoms with Gasteiger partial charge in [-0.25, -0.2) is 14.5 Å². The van der Waals surface area contributed by atoms with E-state index in [0.29, 0.717) is 28.5 Å². The molecule has 0 radical (unpaired) electrons. The van der Waals surface area contributed by atoms with E-state index >= 15 is 0 Å². The van der Waals surface area contributed by atoms with Crippen LogP contribution in [-0.4, -0.2) is 30.4 Å².